The Labute approximate surface area is 468 Å². The minimum absolute atomic E-state index is 0.000406. The summed E-state index contributed by atoms with van der Waals surface area (Å²) in [6.45, 7) is 5.16. The van der Waals surface area contributed by atoms with E-state index in [1.165, 1.54) is 70.0 Å². The highest BCUT2D eigenvalue weighted by atomic mass is 19.1. The van der Waals surface area contributed by atoms with Gasteiger partial charge in [-0.25, -0.2) is 47.5 Å². The number of hydrogen-bond acceptors (Lipinski definition) is 20. The van der Waals surface area contributed by atoms with Crippen molar-refractivity contribution >= 4 is 87.5 Å². The second kappa shape index (κ2) is 21.0. The van der Waals surface area contributed by atoms with Crippen LogP contribution < -0.4 is 49.1 Å². The van der Waals surface area contributed by atoms with Crippen molar-refractivity contribution in [1.82, 2.24) is 84.1 Å². The number of carbonyl (C=O) groups excluding carboxylic acids is 3. The molecule has 0 fully saturated rings. The van der Waals surface area contributed by atoms with Crippen molar-refractivity contribution in [2.24, 2.45) is 0 Å². The van der Waals surface area contributed by atoms with E-state index in [9.17, 15) is 18.8 Å². The molecular weight excluding hydrogens is 1090 g/mol. The quantitative estimate of drug-likeness (QED) is 0.0611. The molecule has 0 aliphatic rings. The van der Waals surface area contributed by atoms with E-state index in [4.69, 9.17) is 17.2 Å². The number of nitrogen functional groups attached to an aromatic ring is 3. The number of carbonyl (C=O) groups is 3. The van der Waals surface area contributed by atoms with Gasteiger partial charge in [0.05, 0.1) is 58.9 Å². The predicted octanol–water partition coefficient (Wildman–Crippen LogP) is 7.33. The molecule has 416 valence electrons. The summed E-state index contributed by atoms with van der Waals surface area (Å²) in [5, 5.41) is 55.5. The molecule has 0 saturated carbocycles. The van der Waals surface area contributed by atoms with Gasteiger partial charge in [-0.1, -0.05) is 12.1 Å². The minimum Gasteiger partial charge on any atom is -0.368 e. The van der Waals surface area contributed by atoms with E-state index < -0.39 is 35.5 Å². The van der Waals surface area contributed by atoms with E-state index in [0.29, 0.717) is 56.1 Å². The number of benzene rings is 3. The Morgan fingerprint density at radius 1 is 0.429 bits per heavy atom. The van der Waals surface area contributed by atoms with E-state index in [1.54, 1.807) is 73.7 Å². The zero-order valence-electron chi connectivity index (χ0n) is 43.6. The number of rotatable bonds is 11. The Morgan fingerprint density at radius 2 is 0.976 bits per heavy atom. The second-order valence-electron chi connectivity index (χ2n) is 18.6. The number of nitrogens with two attached hydrogens (primary N) is 3. The van der Waals surface area contributed by atoms with Crippen LogP contribution in [0.1, 0.15) is 16.7 Å². The molecule has 12 aromatic rings. The topological polar surface area (TPSA) is 395 Å². The SMILES string of the molecule is Cc1ccc(F)c(NC(=O)Nc2ncc(-c3cc(-c4cc(F)c(NC(=O)Nc5cnc(-c6cc(-c7cc(F)c(NC(=O)Nc8cnc(-c9cccc%10nnc(N)n9%10)cn8)cc7C)cc7nnc(N)n67)nn5)cc4C)cc4nnc(N)n34)nn2)c1. The molecular formula is C52H39F3N26O3. The number of halogens is 3. The van der Waals surface area contributed by atoms with Gasteiger partial charge < -0.3 is 33.2 Å². The van der Waals surface area contributed by atoms with Crippen molar-refractivity contribution in [2.75, 3.05) is 49.1 Å². The van der Waals surface area contributed by atoms with Crippen LogP contribution in [0.3, 0.4) is 0 Å². The van der Waals surface area contributed by atoms with Crippen molar-refractivity contribution in [3.63, 3.8) is 0 Å². The maximum atomic E-state index is 16.0. The van der Waals surface area contributed by atoms with Gasteiger partial charge in [0.2, 0.25) is 17.8 Å². The lowest BCUT2D eigenvalue weighted by Gasteiger charge is -2.14. The van der Waals surface area contributed by atoms with Gasteiger partial charge in [-0.05, 0) is 133 Å². The molecule has 32 heteroatoms. The summed E-state index contributed by atoms with van der Waals surface area (Å²) in [5.74, 6) is -2.30. The number of fused-ring (bicyclic) bond motifs is 3. The van der Waals surface area contributed by atoms with Crippen molar-refractivity contribution in [2.45, 2.75) is 20.8 Å². The highest BCUT2D eigenvalue weighted by Crippen LogP contribution is 2.35. The first-order chi connectivity index (χ1) is 40.5. The molecule has 3 aromatic carbocycles. The summed E-state index contributed by atoms with van der Waals surface area (Å²) >= 11 is 0. The molecule has 29 nitrogen and oxygen atoms in total. The average Bonchev–Trinajstić information content (AvgIpc) is 2.85. The molecule has 12 rings (SSSR count). The third-order valence-corrected chi connectivity index (χ3v) is 12.9. The fourth-order valence-electron chi connectivity index (χ4n) is 9.04. The Bertz CT molecular complexity index is 4630. The van der Waals surface area contributed by atoms with E-state index >= 15 is 8.78 Å². The van der Waals surface area contributed by atoms with Crippen molar-refractivity contribution in [3.05, 3.63) is 144 Å². The maximum absolute atomic E-state index is 16.0. The number of urea groups is 3. The standard InChI is InChI=1S/C52H39F3N26O3/c1-22-7-8-29(53)32(9-22)63-52(84)68-49-62-19-36(69-78-49)38-12-25(14-43-72-76-47(57)80(38)43)27-16-30(54)34(10-23(27)2)65-51(83)67-41-21-61-45(74-70-41)39-13-26(15-44-73-77-48(58)81(39)44)28-17-31(55)33(11-24(28)3)64-50(82)66-40-20-59-35(18-60-40)37-5-4-6-42-71-75-46(56)79(37)42/h4-21H,1-3H3,(H2,56,75)(H2,57,76)(H2,58,77)(H2,60,64,66,82)(H2,65,67,70,83)(H2,62,63,68,78,84). The van der Waals surface area contributed by atoms with Gasteiger partial charge in [0.25, 0.3) is 5.95 Å². The molecule has 0 bridgehead atoms. The van der Waals surface area contributed by atoms with Crippen LogP contribution in [-0.2, 0) is 0 Å². The molecule has 6 amide bonds. The smallest absolute Gasteiger partial charge is 0.326 e. The molecule has 0 unspecified atom stereocenters. The summed E-state index contributed by atoms with van der Waals surface area (Å²) in [5.41, 5.74) is 24.3. The third-order valence-electron chi connectivity index (χ3n) is 12.9. The predicted molar refractivity (Wildman–Crippen MR) is 300 cm³/mol. The van der Waals surface area contributed by atoms with E-state index in [0.717, 1.165) is 5.56 Å². The van der Waals surface area contributed by atoms with Crippen molar-refractivity contribution < 1.29 is 27.6 Å². The summed E-state index contributed by atoms with van der Waals surface area (Å²) in [6.07, 6.45) is 5.28. The monoisotopic (exact) mass is 1130 g/mol. The summed E-state index contributed by atoms with van der Waals surface area (Å²) in [6, 6.07) is 18.8. The van der Waals surface area contributed by atoms with Crippen LogP contribution in [0.15, 0.2) is 110 Å². The molecule has 12 N–H and O–H groups in total. The van der Waals surface area contributed by atoms with Gasteiger partial charge in [-0.3, -0.25) is 29.2 Å². The Kier molecular flexibility index (Phi) is 13.1. The lowest BCUT2D eigenvalue weighted by atomic mass is 9.99. The van der Waals surface area contributed by atoms with Gasteiger partial charge in [0, 0.05) is 0 Å². The molecule has 0 spiro atoms. The Morgan fingerprint density at radius 3 is 1.56 bits per heavy atom. The van der Waals surface area contributed by atoms with Crippen LogP contribution >= 0.6 is 0 Å². The molecule has 0 atom stereocenters. The number of nitrogens with zero attached hydrogens (tertiary/aromatic N) is 17. The molecule has 0 aliphatic carbocycles. The largest absolute Gasteiger partial charge is 0.368 e. The number of aromatic nitrogens is 17. The van der Waals surface area contributed by atoms with E-state index in [-0.39, 0.29) is 81.0 Å². The first kappa shape index (κ1) is 52.3. The van der Waals surface area contributed by atoms with Crippen LogP contribution in [-0.4, -0.2) is 102 Å². The van der Waals surface area contributed by atoms with E-state index in [2.05, 4.69) is 103 Å². The zero-order chi connectivity index (χ0) is 58.5. The Balaban J connectivity index is 0.717. The minimum atomic E-state index is -0.885. The fraction of sp³-hybridized carbons (Fsp3) is 0.0577. The van der Waals surface area contributed by atoms with Crippen LogP contribution in [0.2, 0.25) is 0 Å². The molecule has 0 aliphatic heterocycles. The molecule has 84 heavy (non-hydrogen) atoms. The first-order valence-corrected chi connectivity index (χ1v) is 24.7. The number of pyridine rings is 3. The second-order valence-corrected chi connectivity index (χ2v) is 18.6. The average molecular weight is 1130 g/mol. The normalized spacial score (nSPS) is 11.3. The number of nitrogens with one attached hydrogen (secondary N) is 6. The third kappa shape index (κ3) is 10.2. The van der Waals surface area contributed by atoms with Crippen molar-refractivity contribution in [3.8, 4) is 56.5 Å². The molecule has 9 heterocycles. The van der Waals surface area contributed by atoms with Crippen LogP contribution in [0.25, 0.3) is 73.5 Å². The summed E-state index contributed by atoms with van der Waals surface area (Å²) in [4.78, 5) is 56.2. The molecule has 9 aromatic heterocycles. The highest BCUT2D eigenvalue weighted by Gasteiger charge is 2.22. The number of hydrogen-bond donors (Lipinski definition) is 9. The van der Waals surface area contributed by atoms with Gasteiger partial charge in [-0.2, -0.15) is 0 Å². The summed E-state index contributed by atoms with van der Waals surface area (Å²) in [7, 11) is 0. The number of amides is 6. The van der Waals surface area contributed by atoms with Gasteiger partial charge in [0.15, 0.2) is 34.4 Å². The van der Waals surface area contributed by atoms with Crippen LogP contribution in [0, 0.1) is 38.2 Å². The fourth-order valence-corrected chi connectivity index (χ4v) is 9.04. The van der Waals surface area contributed by atoms with Gasteiger partial charge >= 0.3 is 18.1 Å². The number of aryl methyl sites for hydroxylation is 3. The maximum Gasteiger partial charge on any atom is 0.326 e. The lowest BCUT2D eigenvalue weighted by molar-refractivity contribution is 0.261. The highest BCUT2D eigenvalue weighted by molar-refractivity contribution is 6.01. The lowest BCUT2D eigenvalue weighted by Crippen LogP contribution is -2.22. The van der Waals surface area contributed by atoms with Gasteiger partial charge in [0.1, 0.15) is 28.8 Å². The van der Waals surface area contributed by atoms with Crippen LogP contribution in [0.4, 0.5) is 80.0 Å². The molecule has 0 radical (unpaired) electrons. The number of anilines is 9. The van der Waals surface area contributed by atoms with E-state index in [1.807, 2.05) is 0 Å². The molecule has 0 saturated heterocycles. The first-order valence-electron chi connectivity index (χ1n) is 24.7. The van der Waals surface area contributed by atoms with Gasteiger partial charge in [-0.15, -0.1) is 51.0 Å². The summed E-state index contributed by atoms with van der Waals surface area (Å²) < 4.78 is 50.6. The zero-order valence-corrected chi connectivity index (χ0v) is 43.6. The van der Waals surface area contributed by atoms with Crippen molar-refractivity contribution in [1.29, 1.82) is 0 Å². The Hall–Kier alpha value is -12.4. The van der Waals surface area contributed by atoms with Crippen LogP contribution in [0.5, 0.6) is 0 Å².